The third-order valence-electron chi connectivity index (χ3n) is 4.92. The minimum absolute atomic E-state index is 0.115. The number of hydrogen-bond donors (Lipinski definition) is 2. The third kappa shape index (κ3) is 3.57. The summed E-state index contributed by atoms with van der Waals surface area (Å²) in [5.74, 6) is 0.663. The number of amides is 1. The first kappa shape index (κ1) is 18.7. The molecule has 0 bridgehead atoms. The number of fused-ring (bicyclic) bond motifs is 1. The van der Waals surface area contributed by atoms with E-state index in [9.17, 15) is 9.59 Å². The fourth-order valence-corrected chi connectivity index (χ4v) is 4.35. The first-order valence-electron chi connectivity index (χ1n) is 8.77. The summed E-state index contributed by atoms with van der Waals surface area (Å²) in [6.07, 6.45) is 3.18. The maximum absolute atomic E-state index is 12.5. The highest BCUT2D eigenvalue weighted by molar-refractivity contribution is 7.21. The van der Waals surface area contributed by atoms with Crippen LogP contribution in [0.5, 0.6) is 0 Å². The number of nitrogens with two attached hydrogens (primary N) is 2. The standard InChI is InChI=1S/C18H25N5O2S/c1-18(2,3)15(24)13(19)10-4-6-23(7-5-10)17-14-11(21-9-22-17)8-12(26-14)16(20)25/h8-10,13H,4-7,19H2,1-3H3,(H2,20,25). The van der Waals surface area contributed by atoms with E-state index in [4.69, 9.17) is 11.5 Å². The van der Waals surface area contributed by atoms with Gasteiger partial charge in [-0.1, -0.05) is 20.8 Å². The van der Waals surface area contributed by atoms with Crippen molar-refractivity contribution in [3.05, 3.63) is 17.3 Å². The second-order valence-electron chi connectivity index (χ2n) is 7.85. The fourth-order valence-electron chi connectivity index (χ4n) is 3.37. The van der Waals surface area contributed by atoms with Gasteiger partial charge in [0.2, 0.25) is 0 Å². The number of Topliss-reactive ketones (excluding diaryl/α,β-unsaturated/α-hetero) is 1. The lowest BCUT2D eigenvalue weighted by Crippen LogP contribution is -2.48. The Morgan fingerprint density at radius 2 is 1.92 bits per heavy atom. The van der Waals surface area contributed by atoms with Crippen LogP contribution in [0.25, 0.3) is 10.2 Å². The summed E-state index contributed by atoms with van der Waals surface area (Å²) in [6.45, 7) is 7.27. The molecule has 1 saturated heterocycles. The van der Waals surface area contributed by atoms with Gasteiger partial charge < -0.3 is 16.4 Å². The Hall–Kier alpha value is -2.06. The molecule has 0 radical (unpaired) electrons. The number of hydrogen-bond acceptors (Lipinski definition) is 7. The SMILES string of the molecule is CC(C)(C)C(=O)C(N)C1CCN(c2ncnc3cc(C(N)=O)sc23)CC1. The molecule has 0 aliphatic carbocycles. The zero-order valence-corrected chi connectivity index (χ0v) is 16.2. The fraction of sp³-hybridized carbons (Fsp3) is 0.556. The van der Waals surface area contributed by atoms with E-state index in [1.165, 1.54) is 17.7 Å². The van der Waals surface area contributed by atoms with Crippen LogP contribution in [0.2, 0.25) is 0 Å². The minimum Gasteiger partial charge on any atom is -0.365 e. The molecule has 7 nitrogen and oxygen atoms in total. The highest BCUT2D eigenvalue weighted by Crippen LogP contribution is 2.34. The Kier molecular flexibility index (Phi) is 4.98. The van der Waals surface area contributed by atoms with E-state index in [0.29, 0.717) is 4.88 Å². The Labute approximate surface area is 156 Å². The van der Waals surface area contributed by atoms with Gasteiger partial charge in [-0.25, -0.2) is 9.97 Å². The number of carbonyl (C=O) groups excluding carboxylic acids is 2. The molecular formula is C18H25N5O2S. The molecule has 1 aliphatic rings. The largest absolute Gasteiger partial charge is 0.365 e. The predicted octanol–water partition coefficient (Wildman–Crippen LogP) is 1.95. The topological polar surface area (TPSA) is 115 Å². The number of thiophene rings is 1. The lowest BCUT2D eigenvalue weighted by Gasteiger charge is -2.36. The smallest absolute Gasteiger partial charge is 0.258 e. The van der Waals surface area contributed by atoms with Crippen molar-refractivity contribution >= 4 is 39.1 Å². The van der Waals surface area contributed by atoms with E-state index in [1.54, 1.807) is 6.07 Å². The van der Waals surface area contributed by atoms with E-state index in [1.807, 2.05) is 20.8 Å². The molecule has 2 aromatic heterocycles. The second kappa shape index (κ2) is 6.92. The van der Waals surface area contributed by atoms with Gasteiger partial charge >= 0.3 is 0 Å². The van der Waals surface area contributed by atoms with Crippen molar-refractivity contribution in [3.8, 4) is 0 Å². The summed E-state index contributed by atoms with van der Waals surface area (Å²) in [6, 6.07) is 1.28. The Morgan fingerprint density at radius 1 is 1.27 bits per heavy atom. The number of aromatic nitrogens is 2. The molecular weight excluding hydrogens is 350 g/mol. The average Bonchev–Trinajstić information content (AvgIpc) is 3.04. The molecule has 140 valence electrons. The molecule has 2 aromatic rings. The maximum Gasteiger partial charge on any atom is 0.258 e. The van der Waals surface area contributed by atoms with Gasteiger partial charge in [-0.3, -0.25) is 9.59 Å². The normalized spacial score (nSPS) is 17.5. The summed E-state index contributed by atoms with van der Waals surface area (Å²) in [5, 5.41) is 0. The van der Waals surface area contributed by atoms with Crippen LogP contribution in [0.15, 0.2) is 12.4 Å². The lowest BCUT2D eigenvalue weighted by atomic mass is 9.79. The molecule has 26 heavy (non-hydrogen) atoms. The molecule has 0 spiro atoms. The van der Waals surface area contributed by atoms with Crippen LogP contribution in [-0.4, -0.2) is 40.8 Å². The highest BCUT2D eigenvalue weighted by Gasteiger charge is 2.34. The van der Waals surface area contributed by atoms with Crippen molar-refractivity contribution in [2.45, 2.75) is 39.7 Å². The van der Waals surface area contributed by atoms with Crippen LogP contribution in [0.3, 0.4) is 0 Å². The highest BCUT2D eigenvalue weighted by atomic mass is 32.1. The summed E-state index contributed by atoms with van der Waals surface area (Å²) in [5.41, 5.74) is 11.9. The Bertz CT molecular complexity index is 834. The molecule has 0 saturated carbocycles. The molecule has 1 atom stereocenters. The molecule has 1 aliphatic heterocycles. The molecule has 1 amide bonds. The van der Waals surface area contributed by atoms with E-state index in [-0.39, 0.29) is 11.7 Å². The van der Waals surface area contributed by atoms with Gasteiger partial charge in [-0.15, -0.1) is 11.3 Å². The van der Waals surface area contributed by atoms with Crippen LogP contribution >= 0.6 is 11.3 Å². The quantitative estimate of drug-likeness (QED) is 0.844. The summed E-state index contributed by atoms with van der Waals surface area (Å²) >= 11 is 1.32. The van der Waals surface area contributed by atoms with Crippen molar-refractivity contribution in [1.82, 2.24) is 9.97 Å². The number of carbonyl (C=O) groups is 2. The summed E-state index contributed by atoms with van der Waals surface area (Å²) in [7, 11) is 0. The zero-order chi connectivity index (χ0) is 19.1. The summed E-state index contributed by atoms with van der Waals surface area (Å²) in [4.78, 5) is 35.2. The number of ketones is 1. The molecule has 1 unspecified atom stereocenters. The van der Waals surface area contributed by atoms with Crippen LogP contribution < -0.4 is 16.4 Å². The van der Waals surface area contributed by atoms with Crippen molar-refractivity contribution in [2.75, 3.05) is 18.0 Å². The molecule has 3 heterocycles. The van der Waals surface area contributed by atoms with Gasteiger partial charge in [0.1, 0.15) is 12.1 Å². The monoisotopic (exact) mass is 375 g/mol. The average molecular weight is 375 g/mol. The minimum atomic E-state index is -0.454. The van der Waals surface area contributed by atoms with E-state index >= 15 is 0 Å². The Balaban J connectivity index is 1.75. The molecule has 3 rings (SSSR count). The van der Waals surface area contributed by atoms with Gasteiger partial charge in [0.25, 0.3) is 5.91 Å². The van der Waals surface area contributed by atoms with Crippen molar-refractivity contribution in [2.24, 2.45) is 22.8 Å². The molecule has 4 N–H and O–H groups in total. The molecule has 1 fully saturated rings. The van der Waals surface area contributed by atoms with E-state index in [2.05, 4.69) is 14.9 Å². The van der Waals surface area contributed by atoms with Gasteiger partial charge in [-0.2, -0.15) is 0 Å². The number of anilines is 1. The van der Waals surface area contributed by atoms with E-state index < -0.39 is 17.4 Å². The maximum atomic E-state index is 12.5. The van der Waals surface area contributed by atoms with Gasteiger partial charge in [0.15, 0.2) is 5.78 Å². The predicted molar refractivity (Wildman–Crippen MR) is 103 cm³/mol. The first-order chi connectivity index (χ1) is 12.2. The molecule has 0 aromatic carbocycles. The summed E-state index contributed by atoms with van der Waals surface area (Å²) < 4.78 is 0.870. The zero-order valence-electron chi connectivity index (χ0n) is 15.4. The lowest BCUT2D eigenvalue weighted by molar-refractivity contribution is -0.129. The van der Waals surface area contributed by atoms with Crippen LogP contribution in [-0.2, 0) is 4.79 Å². The van der Waals surface area contributed by atoms with Gasteiger partial charge in [-0.05, 0) is 24.8 Å². The van der Waals surface area contributed by atoms with Crippen LogP contribution in [0, 0.1) is 11.3 Å². The van der Waals surface area contributed by atoms with Crippen molar-refractivity contribution in [1.29, 1.82) is 0 Å². The number of nitrogens with zero attached hydrogens (tertiary/aromatic N) is 3. The van der Waals surface area contributed by atoms with Gasteiger partial charge in [0.05, 0.1) is 21.1 Å². The van der Waals surface area contributed by atoms with Crippen LogP contribution in [0.4, 0.5) is 5.82 Å². The number of primary amides is 1. The second-order valence-corrected chi connectivity index (χ2v) is 8.90. The number of rotatable bonds is 4. The Morgan fingerprint density at radius 3 is 2.50 bits per heavy atom. The first-order valence-corrected chi connectivity index (χ1v) is 9.59. The van der Waals surface area contributed by atoms with E-state index in [0.717, 1.165) is 42.0 Å². The van der Waals surface area contributed by atoms with Crippen molar-refractivity contribution in [3.63, 3.8) is 0 Å². The third-order valence-corrected chi connectivity index (χ3v) is 6.06. The van der Waals surface area contributed by atoms with Crippen LogP contribution in [0.1, 0.15) is 43.3 Å². The molecule has 8 heteroatoms. The van der Waals surface area contributed by atoms with Crippen molar-refractivity contribution < 1.29 is 9.59 Å². The number of piperidine rings is 1. The van der Waals surface area contributed by atoms with Gasteiger partial charge in [0, 0.05) is 18.5 Å².